The SMILES string of the molecule is CC(C)c1cccc(C(=O)OOC(=O)c2cccc(C(C)C)c2C(C)C)c1C(C)C. The molecule has 0 aliphatic rings. The Morgan fingerprint density at radius 2 is 0.900 bits per heavy atom. The Bertz CT molecular complexity index is 832. The van der Waals surface area contributed by atoms with E-state index in [1.807, 2.05) is 52.0 Å². The molecule has 0 spiro atoms. The first-order valence-electron chi connectivity index (χ1n) is 10.7. The number of carbonyl (C=O) groups excluding carboxylic acids is 2. The highest BCUT2D eigenvalue weighted by atomic mass is 17.2. The van der Waals surface area contributed by atoms with E-state index in [4.69, 9.17) is 9.78 Å². The monoisotopic (exact) mass is 410 g/mol. The molecule has 0 amide bonds. The normalized spacial score (nSPS) is 11.5. The van der Waals surface area contributed by atoms with Crippen molar-refractivity contribution >= 4 is 11.9 Å². The molecule has 2 rings (SSSR count). The van der Waals surface area contributed by atoms with Crippen LogP contribution >= 0.6 is 0 Å². The summed E-state index contributed by atoms with van der Waals surface area (Å²) < 4.78 is 0. The third-order valence-corrected chi connectivity index (χ3v) is 5.31. The summed E-state index contributed by atoms with van der Waals surface area (Å²) in [5.41, 5.74) is 4.92. The van der Waals surface area contributed by atoms with Gasteiger partial charge in [0.25, 0.3) is 0 Å². The summed E-state index contributed by atoms with van der Waals surface area (Å²) in [6.45, 7) is 16.5. The quantitative estimate of drug-likeness (QED) is 0.376. The molecule has 2 aromatic rings. The lowest BCUT2D eigenvalue weighted by Gasteiger charge is -2.20. The maximum atomic E-state index is 12.8. The van der Waals surface area contributed by atoms with Crippen molar-refractivity contribution in [2.75, 3.05) is 0 Å². The van der Waals surface area contributed by atoms with E-state index >= 15 is 0 Å². The molecule has 0 atom stereocenters. The van der Waals surface area contributed by atoms with Crippen molar-refractivity contribution in [3.8, 4) is 0 Å². The molecule has 162 valence electrons. The van der Waals surface area contributed by atoms with E-state index in [0.717, 1.165) is 22.3 Å². The van der Waals surface area contributed by atoms with Crippen molar-refractivity contribution in [3.05, 3.63) is 69.8 Å². The molecule has 0 heterocycles. The average molecular weight is 411 g/mol. The van der Waals surface area contributed by atoms with Gasteiger partial charge in [0.05, 0.1) is 11.1 Å². The van der Waals surface area contributed by atoms with Crippen LogP contribution in [0.25, 0.3) is 0 Å². The van der Waals surface area contributed by atoms with Gasteiger partial charge in [0, 0.05) is 0 Å². The van der Waals surface area contributed by atoms with Crippen LogP contribution in [-0.4, -0.2) is 11.9 Å². The average Bonchev–Trinajstić information content (AvgIpc) is 2.70. The molecule has 0 aliphatic carbocycles. The second-order valence-corrected chi connectivity index (χ2v) is 8.98. The van der Waals surface area contributed by atoms with Crippen molar-refractivity contribution in [1.82, 2.24) is 0 Å². The molecule has 2 aromatic carbocycles. The molecular formula is C26H34O4. The van der Waals surface area contributed by atoms with Gasteiger partial charge in [-0.15, -0.1) is 0 Å². The first kappa shape index (κ1) is 23.7. The molecule has 0 radical (unpaired) electrons. The fraction of sp³-hybridized carbons (Fsp3) is 0.462. The van der Waals surface area contributed by atoms with Crippen molar-refractivity contribution in [1.29, 1.82) is 0 Å². The number of carbonyl (C=O) groups is 2. The van der Waals surface area contributed by atoms with E-state index in [-0.39, 0.29) is 23.7 Å². The van der Waals surface area contributed by atoms with Crippen molar-refractivity contribution in [2.45, 2.75) is 79.1 Å². The third kappa shape index (κ3) is 5.10. The molecule has 0 saturated heterocycles. The molecule has 0 bridgehead atoms. The minimum Gasteiger partial charge on any atom is -0.241 e. The van der Waals surface area contributed by atoms with Crippen LogP contribution < -0.4 is 0 Å². The Kier molecular flexibility index (Phi) is 7.83. The van der Waals surface area contributed by atoms with E-state index in [1.54, 1.807) is 12.1 Å². The minimum atomic E-state index is -0.652. The van der Waals surface area contributed by atoms with Crippen LogP contribution in [0.4, 0.5) is 0 Å². The van der Waals surface area contributed by atoms with Gasteiger partial charge >= 0.3 is 11.9 Å². The van der Waals surface area contributed by atoms with Gasteiger partial charge in [-0.05, 0) is 58.1 Å². The summed E-state index contributed by atoms with van der Waals surface area (Å²) in [5.74, 6) is -0.495. The van der Waals surface area contributed by atoms with Gasteiger partial charge in [0.1, 0.15) is 0 Å². The molecule has 0 fully saturated rings. The van der Waals surface area contributed by atoms with Crippen LogP contribution in [0.5, 0.6) is 0 Å². The van der Waals surface area contributed by atoms with Gasteiger partial charge in [-0.2, -0.15) is 0 Å². The van der Waals surface area contributed by atoms with Crippen molar-refractivity contribution < 1.29 is 19.4 Å². The van der Waals surface area contributed by atoms with E-state index in [1.165, 1.54) is 0 Å². The van der Waals surface area contributed by atoms with Gasteiger partial charge < -0.3 is 0 Å². The summed E-state index contributed by atoms with van der Waals surface area (Å²) in [7, 11) is 0. The zero-order chi connectivity index (χ0) is 22.6. The molecule has 0 aliphatic heterocycles. The molecule has 0 saturated carbocycles. The molecule has 30 heavy (non-hydrogen) atoms. The zero-order valence-electron chi connectivity index (χ0n) is 19.4. The molecular weight excluding hydrogens is 376 g/mol. The van der Waals surface area contributed by atoms with E-state index in [2.05, 4.69) is 27.7 Å². The van der Waals surface area contributed by atoms with Gasteiger partial charge in [0.15, 0.2) is 0 Å². The van der Waals surface area contributed by atoms with E-state index in [0.29, 0.717) is 11.1 Å². The topological polar surface area (TPSA) is 52.6 Å². The predicted molar refractivity (Wildman–Crippen MR) is 120 cm³/mol. The van der Waals surface area contributed by atoms with Gasteiger partial charge in [-0.1, -0.05) is 79.7 Å². The number of benzene rings is 2. The highest BCUT2D eigenvalue weighted by Crippen LogP contribution is 2.31. The first-order chi connectivity index (χ1) is 14.1. The number of rotatable bonds is 6. The number of hydrogen-bond acceptors (Lipinski definition) is 4. The van der Waals surface area contributed by atoms with Crippen molar-refractivity contribution in [3.63, 3.8) is 0 Å². The van der Waals surface area contributed by atoms with Crippen molar-refractivity contribution in [2.24, 2.45) is 0 Å². The standard InChI is InChI=1S/C26H34O4/c1-15(2)19-11-9-13-21(23(19)17(5)6)25(27)29-30-26(28)22-14-10-12-20(16(3)4)24(22)18(7)8/h9-18H,1-8H3. The first-order valence-corrected chi connectivity index (χ1v) is 10.7. The number of hydrogen-bond donors (Lipinski definition) is 0. The highest BCUT2D eigenvalue weighted by Gasteiger charge is 2.24. The molecule has 4 heteroatoms. The minimum absolute atomic E-state index is 0.136. The third-order valence-electron chi connectivity index (χ3n) is 5.31. The van der Waals surface area contributed by atoms with Crippen LogP contribution in [0, 0.1) is 0 Å². The molecule has 4 nitrogen and oxygen atoms in total. The Labute approximate surface area is 180 Å². The lowest BCUT2D eigenvalue weighted by molar-refractivity contribution is -0.187. The second-order valence-electron chi connectivity index (χ2n) is 8.98. The maximum Gasteiger partial charge on any atom is 0.386 e. The lowest BCUT2D eigenvalue weighted by atomic mass is 9.87. The van der Waals surface area contributed by atoms with E-state index in [9.17, 15) is 9.59 Å². The largest absolute Gasteiger partial charge is 0.386 e. The van der Waals surface area contributed by atoms with Crippen LogP contribution in [0.1, 0.15) is 122 Å². The molecule has 0 unspecified atom stereocenters. The summed E-state index contributed by atoms with van der Waals surface area (Å²) in [5, 5.41) is 0. The Morgan fingerprint density at radius 3 is 1.17 bits per heavy atom. The van der Waals surface area contributed by atoms with Crippen LogP contribution in [0.3, 0.4) is 0 Å². The fourth-order valence-electron chi connectivity index (χ4n) is 3.98. The second kappa shape index (κ2) is 9.92. The van der Waals surface area contributed by atoms with Gasteiger partial charge in [0.2, 0.25) is 0 Å². The van der Waals surface area contributed by atoms with Gasteiger partial charge in [-0.3, -0.25) is 0 Å². The Morgan fingerprint density at radius 1 is 0.567 bits per heavy atom. The molecule has 0 aromatic heterocycles. The highest BCUT2D eigenvalue weighted by molar-refractivity contribution is 5.94. The van der Waals surface area contributed by atoms with Crippen LogP contribution in [-0.2, 0) is 9.78 Å². The summed E-state index contributed by atoms with van der Waals surface area (Å²) in [6, 6.07) is 11.2. The fourth-order valence-corrected chi connectivity index (χ4v) is 3.98. The lowest BCUT2D eigenvalue weighted by Crippen LogP contribution is -2.17. The summed E-state index contributed by atoms with van der Waals surface area (Å²) >= 11 is 0. The zero-order valence-corrected chi connectivity index (χ0v) is 19.4. The Balaban J connectivity index is 2.29. The van der Waals surface area contributed by atoms with E-state index < -0.39 is 11.9 Å². The van der Waals surface area contributed by atoms with Gasteiger partial charge in [-0.25, -0.2) is 19.4 Å². The predicted octanol–water partition coefficient (Wildman–Crippen LogP) is 7.11. The van der Waals surface area contributed by atoms with Crippen LogP contribution in [0.15, 0.2) is 36.4 Å². The summed E-state index contributed by atoms with van der Waals surface area (Å²) in [4.78, 5) is 35.6. The molecule has 0 N–H and O–H groups in total. The maximum absolute atomic E-state index is 12.8. The summed E-state index contributed by atoms with van der Waals surface area (Å²) in [6.07, 6.45) is 0. The Hall–Kier alpha value is -2.62. The smallest absolute Gasteiger partial charge is 0.241 e. The van der Waals surface area contributed by atoms with Crippen LogP contribution in [0.2, 0.25) is 0 Å².